The minimum absolute atomic E-state index is 0.0243. The van der Waals surface area contributed by atoms with Gasteiger partial charge in [0.25, 0.3) is 0 Å². The van der Waals surface area contributed by atoms with Crippen molar-refractivity contribution in [2.24, 2.45) is 0 Å². The Morgan fingerprint density at radius 2 is 2.11 bits per heavy atom. The Kier molecular flexibility index (Phi) is 4.69. The van der Waals surface area contributed by atoms with Gasteiger partial charge in [0.15, 0.2) is 15.6 Å². The van der Waals surface area contributed by atoms with Crippen LogP contribution in [0.25, 0.3) is 0 Å². The van der Waals surface area contributed by atoms with E-state index >= 15 is 0 Å². The van der Waals surface area contributed by atoms with Crippen molar-refractivity contribution in [3.8, 4) is 0 Å². The first-order valence-electron chi connectivity index (χ1n) is 5.31. The standard InChI is InChI=1S/C10H15FN2O3S2/c1-3-18(15,16)9-7(12)8(6(2)14)17-10(9)13-5-4-11/h13H,3-5,12H2,1-2H3. The zero-order valence-electron chi connectivity index (χ0n) is 10.1. The number of Topliss-reactive ketones (excluding diaryl/α,β-unsaturated/α-hetero) is 1. The highest BCUT2D eigenvalue weighted by Crippen LogP contribution is 2.39. The molecule has 0 saturated carbocycles. The molecule has 0 aliphatic heterocycles. The maximum absolute atomic E-state index is 12.1. The fourth-order valence-corrected chi connectivity index (χ4v) is 4.01. The molecule has 0 aliphatic carbocycles. The number of alkyl halides is 1. The van der Waals surface area contributed by atoms with Crippen molar-refractivity contribution in [1.29, 1.82) is 0 Å². The van der Waals surface area contributed by atoms with Gasteiger partial charge < -0.3 is 11.1 Å². The summed E-state index contributed by atoms with van der Waals surface area (Å²) in [5, 5.41) is 2.89. The molecule has 0 bridgehead atoms. The Bertz CT molecular complexity index is 552. The fourth-order valence-electron chi connectivity index (χ4n) is 1.42. The predicted molar refractivity (Wildman–Crippen MR) is 70.9 cm³/mol. The molecular weight excluding hydrogens is 279 g/mol. The van der Waals surface area contributed by atoms with Gasteiger partial charge in [0, 0.05) is 13.5 Å². The number of sulfone groups is 1. The number of carbonyl (C=O) groups is 1. The van der Waals surface area contributed by atoms with Crippen LogP contribution >= 0.6 is 11.3 Å². The first kappa shape index (κ1) is 14.9. The summed E-state index contributed by atoms with van der Waals surface area (Å²) in [6.07, 6.45) is 0. The molecule has 0 spiro atoms. The number of nitrogen functional groups attached to an aromatic ring is 1. The molecule has 0 aromatic carbocycles. The van der Waals surface area contributed by atoms with Gasteiger partial charge in [-0.2, -0.15) is 0 Å². The maximum Gasteiger partial charge on any atom is 0.183 e. The second kappa shape index (κ2) is 5.66. The second-order valence-corrected chi connectivity index (χ2v) is 6.81. The van der Waals surface area contributed by atoms with E-state index in [1.807, 2.05) is 0 Å². The Morgan fingerprint density at radius 3 is 2.56 bits per heavy atom. The quantitative estimate of drug-likeness (QED) is 0.780. The number of rotatable bonds is 6. The Morgan fingerprint density at radius 1 is 1.50 bits per heavy atom. The highest BCUT2D eigenvalue weighted by atomic mass is 32.2. The van der Waals surface area contributed by atoms with Crippen LogP contribution in [0.15, 0.2) is 4.90 Å². The Hall–Kier alpha value is -1.15. The number of hydrogen-bond acceptors (Lipinski definition) is 6. The molecule has 0 amide bonds. The third-order valence-electron chi connectivity index (χ3n) is 2.29. The molecule has 1 heterocycles. The van der Waals surface area contributed by atoms with Crippen LogP contribution in [-0.4, -0.2) is 33.2 Å². The summed E-state index contributed by atoms with van der Waals surface area (Å²) in [5.41, 5.74) is 5.67. The van der Waals surface area contributed by atoms with Gasteiger partial charge in [-0.25, -0.2) is 12.8 Å². The average molecular weight is 294 g/mol. The zero-order valence-corrected chi connectivity index (χ0v) is 11.8. The Balaban J connectivity index is 3.41. The van der Waals surface area contributed by atoms with Crippen LogP contribution in [0, 0.1) is 0 Å². The van der Waals surface area contributed by atoms with Gasteiger partial charge in [0.1, 0.15) is 16.6 Å². The van der Waals surface area contributed by atoms with E-state index < -0.39 is 16.5 Å². The van der Waals surface area contributed by atoms with E-state index in [0.717, 1.165) is 11.3 Å². The van der Waals surface area contributed by atoms with E-state index in [0.29, 0.717) is 0 Å². The second-order valence-electron chi connectivity index (χ2n) is 3.58. The van der Waals surface area contributed by atoms with Crippen molar-refractivity contribution in [3.05, 3.63) is 4.88 Å². The van der Waals surface area contributed by atoms with Gasteiger partial charge in [0.05, 0.1) is 16.3 Å². The first-order chi connectivity index (χ1) is 8.35. The van der Waals surface area contributed by atoms with E-state index in [1.54, 1.807) is 0 Å². The normalized spacial score (nSPS) is 11.5. The average Bonchev–Trinajstić information content (AvgIpc) is 2.64. The van der Waals surface area contributed by atoms with Crippen molar-refractivity contribution in [1.82, 2.24) is 0 Å². The lowest BCUT2D eigenvalue weighted by Crippen LogP contribution is -2.10. The summed E-state index contributed by atoms with van der Waals surface area (Å²) in [6, 6.07) is 0. The van der Waals surface area contributed by atoms with Gasteiger partial charge in [0.2, 0.25) is 0 Å². The molecule has 0 atom stereocenters. The van der Waals surface area contributed by atoms with E-state index in [2.05, 4.69) is 5.32 Å². The molecule has 1 aromatic rings. The maximum atomic E-state index is 12.1. The largest absolute Gasteiger partial charge is 0.396 e. The van der Waals surface area contributed by atoms with Crippen LogP contribution in [0.5, 0.6) is 0 Å². The van der Waals surface area contributed by atoms with Gasteiger partial charge in [-0.05, 0) is 0 Å². The minimum Gasteiger partial charge on any atom is -0.396 e. The minimum atomic E-state index is -3.55. The monoisotopic (exact) mass is 294 g/mol. The van der Waals surface area contributed by atoms with Crippen molar-refractivity contribution in [2.75, 3.05) is 30.0 Å². The van der Waals surface area contributed by atoms with E-state index in [1.165, 1.54) is 13.8 Å². The highest BCUT2D eigenvalue weighted by molar-refractivity contribution is 7.91. The smallest absolute Gasteiger partial charge is 0.183 e. The summed E-state index contributed by atoms with van der Waals surface area (Å²) in [6.45, 7) is 2.13. The molecule has 0 unspecified atom stereocenters. The number of ketones is 1. The van der Waals surface area contributed by atoms with Gasteiger partial charge in [-0.3, -0.25) is 4.79 Å². The van der Waals surface area contributed by atoms with E-state index in [9.17, 15) is 17.6 Å². The van der Waals surface area contributed by atoms with Crippen LogP contribution in [0.1, 0.15) is 23.5 Å². The number of carbonyl (C=O) groups excluding carboxylic acids is 1. The third-order valence-corrected chi connectivity index (χ3v) is 5.49. The molecule has 0 fully saturated rings. The molecule has 1 aromatic heterocycles. The molecule has 0 saturated heterocycles. The highest BCUT2D eigenvalue weighted by Gasteiger charge is 2.27. The molecule has 3 N–H and O–H groups in total. The molecule has 102 valence electrons. The van der Waals surface area contributed by atoms with Crippen LogP contribution < -0.4 is 11.1 Å². The number of thiophene rings is 1. The van der Waals surface area contributed by atoms with Gasteiger partial charge in [-0.1, -0.05) is 6.92 Å². The summed E-state index contributed by atoms with van der Waals surface area (Å²) in [5.74, 6) is -0.436. The van der Waals surface area contributed by atoms with Crippen molar-refractivity contribution < 1.29 is 17.6 Å². The lowest BCUT2D eigenvalue weighted by atomic mass is 10.3. The number of anilines is 2. The third kappa shape index (κ3) is 2.81. The number of hydrogen-bond donors (Lipinski definition) is 2. The van der Waals surface area contributed by atoms with Crippen LogP contribution in [0.3, 0.4) is 0 Å². The topological polar surface area (TPSA) is 89.3 Å². The molecule has 5 nitrogen and oxygen atoms in total. The summed E-state index contributed by atoms with van der Waals surface area (Å²) in [7, 11) is -3.55. The number of nitrogens with one attached hydrogen (secondary N) is 1. The van der Waals surface area contributed by atoms with Crippen LogP contribution in [0.4, 0.5) is 15.1 Å². The molecule has 0 radical (unpaired) electrons. The zero-order chi connectivity index (χ0) is 13.9. The molecule has 1 rings (SSSR count). The lowest BCUT2D eigenvalue weighted by Gasteiger charge is -2.06. The molecule has 18 heavy (non-hydrogen) atoms. The first-order valence-corrected chi connectivity index (χ1v) is 7.77. The van der Waals surface area contributed by atoms with Crippen LogP contribution in [-0.2, 0) is 9.84 Å². The number of halogens is 1. The van der Waals surface area contributed by atoms with E-state index in [-0.39, 0.29) is 38.5 Å². The predicted octanol–water partition coefficient (Wildman–Crippen LogP) is 1.71. The van der Waals surface area contributed by atoms with Gasteiger partial charge in [-0.15, -0.1) is 11.3 Å². The van der Waals surface area contributed by atoms with E-state index in [4.69, 9.17) is 5.73 Å². The fraction of sp³-hybridized carbons (Fsp3) is 0.500. The summed E-state index contributed by atoms with van der Waals surface area (Å²) >= 11 is 0.945. The van der Waals surface area contributed by atoms with Crippen LogP contribution in [0.2, 0.25) is 0 Å². The SMILES string of the molecule is CCS(=O)(=O)c1c(NCCF)sc(C(C)=O)c1N. The molecule has 8 heteroatoms. The van der Waals surface area contributed by atoms with Gasteiger partial charge >= 0.3 is 0 Å². The summed E-state index contributed by atoms with van der Waals surface area (Å²) in [4.78, 5) is 11.4. The van der Waals surface area contributed by atoms with Crippen molar-refractivity contribution >= 4 is 37.6 Å². The van der Waals surface area contributed by atoms with Crippen molar-refractivity contribution in [3.63, 3.8) is 0 Å². The number of nitrogens with two attached hydrogens (primary N) is 1. The molecular formula is C10H15FN2O3S2. The molecule has 0 aliphatic rings. The Labute approximate surface area is 109 Å². The lowest BCUT2D eigenvalue weighted by molar-refractivity contribution is 0.102. The summed E-state index contributed by atoms with van der Waals surface area (Å²) < 4.78 is 36.0. The van der Waals surface area contributed by atoms with Crippen molar-refractivity contribution in [2.45, 2.75) is 18.7 Å².